The lowest BCUT2D eigenvalue weighted by Gasteiger charge is -2.26. The van der Waals surface area contributed by atoms with Crippen LogP contribution in [-0.2, 0) is 4.79 Å². The number of pyridine rings is 2. The molecule has 0 radical (unpaired) electrons. The second-order valence-corrected chi connectivity index (χ2v) is 7.88. The highest BCUT2D eigenvalue weighted by Gasteiger charge is 2.61. The van der Waals surface area contributed by atoms with Crippen molar-refractivity contribution in [2.24, 2.45) is 5.92 Å². The Bertz CT molecular complexity index is 1130. The Hall–Kier alpha value is -3.20. The summed E-state index contributed by atoms with van der Waals surface area (Å²) in [6.45, 7) is 3.79. The zero-order valence-corrected chi connectivity index (χ0v) is 17.0. The molecule has 2 aliphatic rings. The summed E-state index contributed by atoms with van der Waals surface area (Å²) in [6.07, 6.45) is 5.39. The first kappa shape index (κ1) is 21.0. The number of hydrogen-bond donors (Lipinski definition) is 3. The van der Waals surface area contributed by atoms with Crippen molar-refractivity contribution < 1.29 is 23.5 Å². The van der Waals surface area contributed by atoms with E-state index in [1.165, 1.54) is 12.3 Å². The summed E-state index contributed by atoms with van der Waals surface area (Å²) >= 11 is 0. The third kappa shape index (κ3) is 4.05. The molecule has 3 N–H and O–H groups in total. The molecular formula is C22H22F2N4O3. The second kappa shape index (κ2) is 7.81. The van der Waals surface area contributed by atoms with Crippen LogP contribution < -0.4 is 10.6 Å². The number of aliphatic hydroxyl groups excluding tert-OH is 1. The van der Waals surface area contributed by atoms with Crippen LogP contribution in [0.15, 0.2) is 36.2 Å². The average Bonchev–Trinajstić information content (AvgIpc) is 3.40. The fraction of sp³-hybridized carbons (Fsp3) is 0.364. The molecule has 2 aromatic rings. The highest BCUT2D eigenvalue weighted by molar-refractivity contribution is 5.98. The number of aliphatic hydroxyl groups is 1. The van der Waals surface area contributed by atoms with E-state index in [9.17, 15) is 23.5 Å². The van der Waals surface area contributed by atoms with Crippen molar-refractivity contribution in [3.63, 3.8) is 0 Å². The van der Waals surface area contributed by atoms with Crippen LogP contribution in [0.3, 0.4) is 0 Å². The predicted octanol–water partition coefficient (Wildman–Crippen LogP) is 3.07. The van der Waals surface area contributed by atoms with Gasteiger partial charge >= 0.3 is 0 Å². The molecule has 7 nitrogen and oxygen atoms in total. The van der Waals surface area contributed by atoms with Gasteiger partial charge in [0.25, 0.3) is 5.92 Å². The summed E-state index contributed by atoms with van der Waals surface area (Å²) < 4.78 is 26.2. The molecule has 31 heavy (non-hydrogen) atoms. The Labute approximate surface area is 177 Å². The molecule has 1 aliphatic carbocycles. The maximum absolute atomic E-state index is 13.1. The van der Waals surface area contributed by atoms with Crippen LogP contribution in [-0.4, -0.2) is 45.3 Å². The molecule has 4 rings (SSSR count). The number of nitrogens with zero attached hydrogens (tertiary/aromatic N) is 2. The fourth-order valence-electron chi connectivity index (χ4n) is 3.63. The number of rotatable bonds is 6. The largest absolute Gasteiger partial charge is 0.391 e. The van der Waals surface area contributed by atoms with E-state index < -0.39 is 30.3 Å². The maximum Gasteiger partial charge on any atom is 0.260 e. The molecule has 162 valence electrons. The number of alkyl halides is 2. The van der Waals surface area contributed by atoms with Gasteiger partial charge in [0.15, 0.2) is 6.29 Å². The van der Waals surface area contributed by atoms with Crippen molar-refractivity contribution in [3.8, 4) is 0 Å². The summed E-state index contributed by atoms with van der Waals surface area (Å²) in [7, 11) is 0. The van der Waals surface area contributed by atoms with E-state index in [0.29, 0.717) is 29.2 Å². The molecular weight excluding hydrogens is 406 g/mol. The first-order valence-corrected chi connectivity index (χ1v) is 10.0. The molecule has 1 saturated carbocycles. The number of hydrogen-bond acceptors (Lipinski definition) is 6. The summed E-state index contributed by atoms with van der Waals surface area (Å²) in [5, 5.41) is 16.2. The number of halogens is 2. The zero-order chi connectivity index (χ0) is 22.3. The van der Waals surface area contributed by atoms with Crippen LogP contribution in [0.2, 0.25) is 0 Å². The number of fused-ring (bicyclic) bond motifs is 1. The van der Waals surface area contributed by atoms with Crippen LogP contribution in [0.1, 0.15) is 42.7 Å². The van der Waals surface area contributed by atoms with Crippen molar-refractivity contribution in [1.29, 1.82) is 0 Å². The summed E-state index contributed by atoms with van der Waals surface area (Å²) in [5.41, 5.74) is 2.86. The first-order valence-electron chi connectivity index (χ1n) is 10.0. The highest BCUT2D eigenvalue weighted by atomic mass is 19.3. The maximum atomic E-state index is 13.1. The van der Waals surface area contributed by atoms with Gasteiger partial charge in [-0.15, -0.1) is 0 Å². The number of carbonyl (C=O) groups is 2. The van der Waals surface area contributed by atoms with Crippen molar-refractivity contribution in [2.75, 3.05) is 5.32 Å². The van der Waals surface area contributed by atoms with E-state index in [1.807, 2.05) is 19.9 Å². The van der Waals surface area contributed by atoms with Crippen molar-refractivity contribution in [2.45, 2.75) is 44.8 Å². The molecule has 1 aliphatic heterocycles. The molecule has 1 amide bonds. The number of aldehydes is 1. The van der Waals surface area contributed by atoms with Gasteiger partial charge in [-0.1, -0.05) is 13.0 Å². The van der Waals surface area contributed by atoms with Gasteiger partial charge in [-0.2, -0.15) is 0 Å². The Morgan fingerprint density at radius 3 is 2.81 bits per heavy atom. The van der Waals surface area contributed by atoms with Crippen LogP contribution in [0.25, 0.3) is 16.5 Å². The third-order valence-electron chi connectivity index (χ3n) is 5.63. The molecule has 3 heterocycles. The van der Waals surface area contributed by atoms with Gasteiger partial charge in [0.05, 0.1) is 17.7 Å². The second-order valence-electron chi connectivity index (χ2n) is 7.88. The topological polar surface area (TPSA) is 104 Å². The van der Waals surface area contributed by atoms with Gasteiger partial charge in [0.2, 0.25) is 5.91 Å². The number of nitrogens with one attached hydrogen (secondary N) is 2. The van der Waals surface area contributed by atoms with Gasteiger partial charge < -0.3 is 15.7 Å². The Kier molecular flexibility index (Phi) is 5.30. The van der Waals surface area contributed by atoms with Crippen LogP contribution in [0, 0.1) is 5.92 Å². The van der Waals surface area contributed by atoms with E-state index in [-0.39, 0.29) is 17.6 Å². The Balaban J connectivity index is 1.63. The van der Waals surface area contributed by atoms with Gasteiger partial charge in [0, 0.05) is 41.4 Å². The van der Waals surface area contributed by atoms with E-state index >= 15 is 0 Å². The number of carbonyl (C=O) groups excluding carboxylic acids is 2. The number of anilines is 1. The summed E-state index contributed by atoms with van der Waals surface area (Å²) in [5.74, 6) is -4.98. The predicted molar refractivity (Wildman–Crippen MR) is 112 cm³/mol. The van der Waals surface area contributed by atoms with Gasteiger partial charge in [-0.05, 0) is 25.0 Å². The molecule has 1 fully saturated rings. The molecule has 0 saturated heterocycles. The lowest BCUT2D eigenvalue weighted by molar-refractivity contribution is -0.119. The molecule has 0 bridgehead atoms. The molecule has 0 aromatic carbocycles. The Morgan fingerprint density at radius 1 is 1.45 bits per heavy atom. The lowest BCUT2D eigenvalue weighted by atomic mass is 9.92. The van der Waals surface area contributed by atoms with Crippen molar-refractivity contribution in [1.82, 2.24) is 15.3 Å². The average molecular weight is 428 g/mol. The first-order chi connectivity index (χ1) is 14.7. The van der Waals surface area contributed by atoms with Gasteiger partial charge in [-0.3, -0.25) is 9.59 Å². The minimum absolute atomic E-state index is 0.100. The SMILES string of the molecule is CCC(O)C1C=C(C)C(c2cc3cnc(NC(=O)C4CC4(F)F)cc3nc2C=O)=CN1. The van der Waals surface area contributed by atoms with E-state index in [2.05, 4.69) is 20.6 Å². The van der Waals surface area contributed by atoms with Crippen LogP contribution in [0.4, 0.5) is 14.6 Å². The van der Waals surface area contributed by atoms with Crippen LogP contribution >= 0.6 is 0 Å². The summed E-state index contributed by atoms with van der Waals surface area (Å²) in [4.78, 5) is 32.1. The zero-order valence-electron chi connectivity index (χ0n) is 17.0. The quantitative estimate of drug-likeness (QED) is 0.611. The number of allylic oxidation sites excluding steroid dienone is 2. The number of aromatic nitrogens is 2. The minimum Gasteiger partial charge on any atom is -0.391 e. The van der Waals surface area contributed by atoms with Crippen LogP contribution in [0.5, 0.6) is 0 Å². The monoisotopic (exact) mass is 428 g/mol. The van der Waals surface area contributed by atoms with E-state index in [4.69, 9.17) is 0 Å². The normalized spacial score (nSPS) is 22.7. The molecule has 2 aromatic heterocycles. The van der Waals surface area contributed by atoms with Gasteiger partial charge in [0.1, 0.15) is 17.4 Å². The summed E-state index contributed by atoms with van der Waals surface area (Å²) in [6, 6.07) is 3.00. The molecule has 3 atom stereocenters. The van der Waals surface area contributed by atoms with Crippen molar-refractivity contribution >= 4 is 34.5 Å². The van der Waals surface area contributed by atoms with Crippen molar-refractivity contribution in [3.05, 3.63) is 47.4 Å². The fourth-order valence-corrected chi connectivity index (χ4v) is 3.63. The molecule has 0 spiro atoms. The van der Waals surface area contributed by atoms with Gasteiger partial charge in [-0.25, -0.2) is 18.7 Å². The standard InChI is InChI=1S/C22H22F2N4O3/c1-3-19(30)17-4-11(2)14(9-25-17)13-5-12-8-26-20(6-16(12)27-18(13)10-29)28-21(31)15-7-22(15,23)24/h4-6,8-10,15,17,19,25,30H,3,7H2,1-2H3,(H,26,28,31). The lowest BCUT2D eigenvalue weighted by Crippen LogP contribution is -2.37. The Morgan fingerprint density at radius 2 is 2.19 bits per heavy atom. The highest BCUT2D eigenvalue weighted by Crippen LogP contribution is 2.49. The number of dihydropyridines is 1. The smallest absolute Gasteiger partial charge is 0.260 e. The minimum atomic E-state index is -2.96. The van der Waals surface area contributed by atoms with E-state index in [1.54, 1.807) is 12.3 Å². The third-order valence-corrected chi connectivity index (χ3v) is 5.63. The molecule has 3 unspecified atom stereocenters. The van der Waals surface area contributed by atoms with E-state index in [0.717, 1.165) is 11.1 Å². The molecule has 9 heteroatoms. The number of amides is 1.